The first kappa shape index (κ1) is 69.2. The largest absolute Gasteiger partial charge is 0.481 e. The molecule has 0 bridgehead atoms. The molecule has 0 aliphatic carbocycles. The normalized spacial score (nSPS) is 16.9. The Bertz CT molecular complexity index is 2420. The van der Waals surface area contributed by atoms with E-state index < -0.39 is 60.0 Å². The van der Waals surface area contributed by atoms with Gasteiger partial charge in [-0.05, 0) is 69.2 Å². The van der Waals surface area contributed by atoms with Crippen molar-refractivity contribution in [3.05, 3.63) is 29.8 Å². The van der Waals surface area contributed by atoms with Gasteiger partial charge in [0.05, 0.1) is 32.2 Å². The summed E-state index contributed by atoms with van der Waals surface area (Å²) in [5.41, 5.74) is 1.53. The molecule has 0 spiro atoms. The van der Waals surface area contributed by atoms with Crippen molar-refractivity contribution in [3.8, 4) is 0 Å². The summed E-state index contributed by atoms with van der Waals surface area (Å²) in [5, 5.41) is 68.1. The van der Waals surface area contributed by atoms with Crippen LogP contribution in [0.1, 0.15) is 95.5 Å². The van der Waals surface area contributed by atoms with Crippen molar-refractivity contribution in [2.45, 2.75) is 114 Å². The van der Waals surface area contributed by atoms with Crippen LogP contribution in [0.5, 0.6) is 0 Å². The molecule has 29 heteroatoms. The van der Waals surface area contributed by atoms with E-state index in [2.05, 4.69) is 36.1 Å². The summed E-state index contributed by atoms with van der Waals surface area (Å²) in [6.07, 6.45) is 10.1. The second kappa shape index (κ2) is 37.8. The number of aromatic nitrogens is 3. The molecule has 3 heterocycles. The molecular weight excluding hydrogens is 1100 g/mol. The third kappa shape index (κ3) is 28.3. The highest BCUT2D eigenvalue weighted by Gasteiger charge is 2.29. The number of rotatable bonds is 37. The monoisotopic (exact) mass is 1180 g/mol. The van der Waals surface area contributed by atoms with Crippen LogP contribution in [-0.2, 0) is 44.8 Å². The van der Waals surface area contributed by atoms with Crippen LogP contribution in [0.2, 0.25) is 0 Å². The maximum absolute atomic E-state index is 12.3. The van der Waals surface area contributed by atoms with E-state index in [4.69, 9.17) is 15.1 Å². The van der Waals surface area contributed by atoms with Gasteiger partial charge in [-0.25, -0.2) is 9.59 Å². The molecule has 2 fully saturated rings. The number of hydrogen-bond donors (Lipinski definition) is 10. The lowest BCUT2D eigenvalue weighted by molar-refractivity contribution is -0.142. The van der Waals surface area contributed by atoms with Crippen LogP contribution in [0.25, 0.3) is 0 Å². The van der Waals surface area contributed by atoms with Crippen molar-refractivity contribution in [1.29, 1.82) is 0 Å². The van der Waals surface area contributed by atoms with Crippen molar-refractivity contribution in [2.24, 2.45) is 0 Å². The number of carbonyl (C=O) groups is 9. The summed E-state index contributed by atoms with van der Waals surface area (Å²) in [6, 6.07) is 3.85. The smallest absolute Gasteiger partial charge is 0.326 e. The number of amides is 3. The van der Waals surface area contributed by atoms with Crippen molar-refractivity contribution in [2.75, 3.05) is 140 Å². The first-order valence-corrected chi connectivity index (χ1v) is 28.9. The summed E-state index contributed by atoms with van der Waals surface area (Å²) >= 11 is 0. The molecule has 1 unspecified atom stereocenters. The molecular formula is C55H88N14O15. The number of unbranched alkanes of at least 4 members (excludes halogenated alkanes) is 8. The average molecular weight is 1190 g/mol. The van der Waals surface area contributed by atoms with E-state index in [9.17, 15) is 68.7 Å². The van der Waals surface area contributed by atoms with Gasteiger partial charge in [-0.3, -0.25) is 53.3 Å². The maximum atomic E-state index is 12.3. The molecule has 0 radical (unpaired) electrons. The van der Waals surface area contributed by atoms with Crippen LogP contribution in [0.3, 0.4) is 0 Å². The predicted molar refractivity (Wildman–Crippen MR) is 310 cm³/mol. The van der Waals surface area contributed by atoms with Crippen LogP contribution < -0.4 is 31.1 Å². The molecule has 2 aromatic rings. The first-order chi connectivity index (χ1) is 40.1. The number of aldehydes is 1. The fraction of sp³-hybridized carbons (Fsp3) is 0.673. The topological polar surface area (TPSA) is 384 Å². The second-order valence-electron chi connectivity index (χ2n) is 21.6. The zero-order chi connectivity index (χ0) is 61.4. The molecule has 3 atom stereocenters. The predicted octanol–water partition coefficient (Wildman–Crippen LogP) is 1.26. The number of nitrogens with zero attached hydrogens (tertiary/aromatic N) is 10. The first-order valence-electron chi connectivity index (χ1n) is 28.9. The molecule has 1 aromatic carbocycles. The van der Waals surface area contributed by atoms with Crippen molar-refractivity contribution >= 4 is 77.6 Å². The summed E-state index contributed by atoms with van der Waals surface area (Å²) in [4.78, 5) is 133. The molecule has 29 nitrogen and oxygen atoms in total. The summed E-state index contributed by atoms with van der Waals surface area (Å²) in [5.74, 6) is -5.35. The van der Waals surface area contributed by atoms with E-state index in [-0.39, 0.29) is 97.2 Å². The zero-order valence-electron chi connectivity index (χ0n) is 48.6. The number of nitrogens with one attached hydrogen (secondary N) is 4. The lowest BCUT2D eigenvalue weighted by Gasteiger charge is -2.37. The molecule has 4 rings (SSSR count). The minimum Gasteiger partial charge on any atom is -0.481 e. The summed E-state index contributed by atoms with van der Waals surface area (Å²) in [6.45, 7) is 4.59. The number of piperazine rings is 1. The Morgan fingerprint density at radius 2 is 1.15 bits per heavy atom. The fourth-order valence-corrected chi connectivity index (χ4v) is 9.95. The zero-order valence-corrected chi connectivity index (χ0v) is 48.6. The lowest BCUT2D eigenvalue weighted by Crippen LogP contribution is -2.53. The molecule has 3 amide bonds. The van der Waals surface area contributed by atoms with Crippen LogP contribution in [0.15, 0.2) is 24.3 Å². The molecule has 468 valence electrons. The Morgan fingerprint density at radius 3 is 1.73 bits per heavy atom. The van der Waals surface area contributed by atoms with Crippen molar-refractivity contribution in [3.63, 3.8) is 0 Å². The van der Waals surface area contributed by atoms with Gasteiger partial charge in [0.15, 0.2) is 0 Å². The third-order valence-corrected chi connectivity index (χ3v) is 14.5. The molecule has 1 aromatic heterocycles. The van der Waals surface area contributed by atoms with Gasteiger partial charge in [-0.2, -0.15) is 15.0 Å². The third-order valence-electron chi connectivity index (χ3n) is 14.5. The highest BCUT2D eigenvalue weighted by Crippen LogP contribution is 2.22. The quantitative estimate of drug-likeness (QED) is 0.0336. The number of hydrogen-bond acceptors (Lipinski definition) is 20. The number of urea groups is 1. The highest BCUT2D eigenvalue weighted by molar-refractivity contribution is 5.84. The Labute approximate surface area is 490 Å². The van der Waals surface area contributed by atoms with Crippen LogP contribution in [0.4, 0.5) is 28.3 Å². The van der Waals surface area contributed by atoms with Crippen LogP contribution in [0, 0.1) is 0 Å². The number of carboxylic acid groups (broad SMARTS) is 6. The second-order valence-corrected chi connectivity index (χ2v) is 21.6. The van der Waals surface area contributed by atoms with Gasteiger partial charge in [0.1, 0.15) is 12.3 Å². The average Bonchev–Trinajstić information content (AvgIpc) is 3.47. The summed E-state index contributed by atoms with van der Waals surface area (Å²) < 4.78 is 0. The molecule has 2 aliphatic rings. The van der Waals surface area contributed by atoms with Gasteiger partial charge in [-0.15, -0.1) is 0 Å². The van der Waals surface area contributed by atoms with Gasteiger partial charge < -0.3 is 66.5 Å². The van der Waals surface area contributed by atoms with Gasteiger partial charge in [-0.1, -0.05) is 50.7 Å². The van der Waals surface area contributed by atoms with Gasteiger partial charge in [0, 0.05) is 117 Å². The van der Waals surface area contributed by atoms with Crippen molar-refractivity contribution in [1.82, 2.24) is 55.4 Å². The lowest BCUT2D eigenvalue weighted by atomic mass is 10.0. The Kier molecular flexibility index (Phi) is 31.1. The molecule has 10 N–H and O–H groups in total. The Balaban J connectivity index is 1.18. The Hall–Kier alpha value is -7.34. The van der Waals surface area contributed by atoms with Crippen molar-refractivity contribution < 1.29 is 73.8 Å². The summed E-state index contributed by atoms with van der Waals surface area (Å²) in [7, 11) is 3.72. The van der Waals surface area contributed by atoms with Crippen LogP contribution >= 0.6 is 0 Å². The van der Waals surface area contributed by atoms with E-state index in [1.807, 2.05) is 43.3 Å². The van der Waals surface area contributed by atoms with E-state index in [0.717, 1.165) is 89.7 Å². The van der Waals surface area contributed by atoms with Gasteiger partial charge >= 0.3 is 41.8 Å². The number of anilines is 4. The number of benzene rings is 1. The highest BCUT2D eigenvalue weighted by atomic mass is 16.4. The minimum absolute atomic E-state index is 0.0609. The molecule has 2 aliphatic heterocycles. The standard InChI is InChI=1S/C55H88N14O15/c1-63(2)53-60-52(57-41-17-15-40(16-18-41)33-43-34-67(37-49(78)79)26-25-65(35-47(74)75)23-24-66(36-48(76)77)29-32-69(43)38-50(80)81)61-54(62-53)68-30-27-64(28-31-68)22-12-8-6-4-3-5-7-9-14-45(71)56-21-11-10-13-44(51(82)83)59-55(84)58-42(39-70)19-20-46(72)73/h15-18,39,42-44H,3-14,19-38H2,1-2H3,(H,56,71)(H,72,73)(H,74,75)(H,76,77)(H,78,79)(H,80,81)(H,82,83)(H2,58,59,84)(H,57,60,61,62)/t42-,43?,44-/m0/s1. The van der Waals surface area contributed by atoms with E-state index in [1.165, 1.54) is 0 Å². The van der Waals surface area contributed by atoms with E-state index >= 15 is 0 Å². The molecule has 84 heavy (non-hydrogen) atoms. The maximum Gasteiger partial charge on any atom is 0.326 e. The molecule has 2 saturated heterocycles. The van der Waals surface area contributed by atoms with Gasteiger partial charge in [0.25, 0.3) is 0 Å². The molecule has 0 saturated carbocycles. The minimum atomic E-state index is -1.25. The number of carboxylic acids is 6. The SMILES string of the molecule is CN(C)c1nc(Nc2ccc(CC3CN(CC(=O)O)CCN(CC(=O)O)CCN(CC(=O)O)CCN3CC(=O)O)cc2)nc(N2CCN(CCCCCCCCCCC(=O)NCCCC[C@H](NC(=O)N[C@H](C=O)CCC(=O)O)C(=O)O)CC2)n1. The number of aliphatic carboxylic acids is 6. The van der Waals surface area contributed by atoms with E-state index in [0.29, 0.717) is 62.0 Å². The fourth-order valence-electron chi connectivity index (χ4n) is 9.95. The van der Waals surface area contributed by atoms with Crippen LogP contribution in [-0.4, -0.2) is 268 Å². The number of carbonyl (C=O) groups excluding carboxylic acids is 3. The van der Waals surface area contributed by atoms with E-state index in [1.54, 1.807) is 19.6 Å². The Morgan fingerprint density at radius 1 is 0.595 bits per heavy atom. The van der Waals surface area contributed by atoms with Gasteiger partial charge in [0.2, 0.25) is 23.8 Å².